The maximum absolute atomic E-state index is 12.4. The molecule has 0 atom stereocenters. The highest BCUT2D eigenvalue weighted by Crippen LogP contribution is 2.34. The molecule has 0 amide bonds. The van der Waals surface area contributed by atoms with Crippen LogP contribution in [0.5, 0.6) is 5.75 Å². The molecule has 1 aromatic rings. The Morgan fingerprint density at radius 2 is 1.82 bits per heavy atom. The van der Waals surface area contributed by atoms with Gasteiger partial charge in [-0.1, -0.05) is 0 Å². The molecule has 3 nitrogen and oxygen atoms in total. The minimum Gasteiger partial charge on any atom is -0.497 e. The molecule has 1 rings (SSSR count). The van der Waals surface area contributed by atoms with Gasteiger partial charge < -0.3 is 9.84 Å². The van der Waals surface area contributed by atoms with Crippen LogP contribution in [0.15, 0.2) is 18.2 Å². The molecule has 0 aromatic heterocycles. The molecular formula is C9H9Cl2F3O3. The first-order valence-electron chi connectivity index (χ1n) is 3.85. The van der Waals surface area contributed by atoms with Crippen LogP contribution in [0.3, 0.4) is 0 Å². The number of alkyl halides is 3. The number of carboxylic acids is 1. The number of carbonyl (C=O) groups is 1. The van der Waals surface area contributed by atoms with Gasteiger partial charge in [0.15, 0.2) is 0 Å². The summed E-state index contributed by atoms with van der Waals surface area (Å²) >= 11 is 0. The Morgan fingerprint density at radius 3 is 2.18 bits per heavy atom. The van der Waals surface area contributed by atoms with E-state index in [4.69, 9.17) is 5.11 Å². The van der Waals surface area contributed by atoms with E-state index in [1.807, 2.05) is 0 Å². The SMILES string of the molecule is COc1ccc(C(=O)O)c(C(F)(F)F)c1.Cl.Cl. The fourth-order valence-corrected chi connectivity index (χ4v) is 1.07. The van der Waals surface area contributed by atoms with Crippen molar-refractivity contribution >= 4 is 30.8 Å². The summed E-state index contributed by atoms with van der Waals surface area (Å²) < 4.78 is 41.8. The lowest BCUT2D eigenvalue weighted by atomic mass is 10.1. The van der Waals surface area contributed by atoms with Crippen LogP contribution in [0, 0.1) is 0 Å². The Kier molecular flexibility index (Phi) is 7.04. The molecule has 17 heavy (non-hydrogen) atoms. The van der Waals surface area contributed by atoms with E-state index in [2.05, 4.69) is 4.74 Å². The van der Waals surface area contributed by atoms with Crippen LogP contribution in [-0.4, -0.2) is 18.2 Å². The van der Waals surface area contributed by atoms with Crippen molar-refractivity contribution in [2.75, 3.05) is 7.11 Å². The van der Waals surface area contributed by atoms with E-state index in [-0.39, 0.29) is 30.6 Å². The quantitative estimate of drug-likeness (QED) is 0.910. The lowest BCUT2D eigenvalue weighted by molar-refractivity contribution is -0.138. The lowest BCUT2D eigenvalue weighted by Gasteiger charge is -2.11. The third-order valence-corrected chi connectivity index (χ3v) is 1.76. The Balaban J connectivity index is 0. The number of hydrogen-bond donors (Lipinski definition) is 1. The molecule has 8 heteroatoms. The molecular weight excluding hydrogens is 284 g/mol. The second kappa shape index (κ2) is 6.56. The van der Waals surface area contributed by atoms with Gasteiger partial charge in [-0.05, 0) is 18.2 Å². The highest BCUT2D eigenvalue weighted by atomic mass is 35.5. The number of carboxylic acid groups (broad SMARTS) is 1. The summed E-state index contributed by atoms with van der Waals surface area (Å²) in [7, 11) is 1.20. The average Bonchev–Trinajstić information content (AvgIpc) is 2.15. The smallest absolute Gasteiger partial charge is 0.417 e. The van der Waals surface area contributed by atoms with Crippen molar-refractivity contribution in [3.8, 4) is 5.75 Å². The van der Waals surface area contributed by atoms with Gasteiger partial charge in [0.05, 0.1) is 18.2 Å². The molecule has 0 saturated heterocycles. The van der Waals surface area contributed by atoms with Crippen LogP contribution in [-0.2, 0) is 6.18 Å². The zero-order valence-corrected chi connectivity index (χ0v) is 10.1. The fourth-order valence-electron chi connectivity index (χ4n) is 1.07. The lowest BCUT2D eigenvalue weighted by Crippen LogP contribution is -2.12. The van der Waals surface area contributed by atoms with Crippen LogP contribution in [0.1, 0.15) is 15.9 Å². The molecule has 98 valence electrons. The molecule has 0 bridgehead atoms. The third kappa shape index (κ3) is 4.32. The standard InChI is InChI=1S/C9H7F3O3.2ClH/c1-15-5-2-3-6(8(13)14)7(4-5)9(10,11)12;;/h2-4H,1H3,(H,13,14);2*1H. The summed E-state index contributed by atoms with van der Waals surface area (Å²) in [4.78, 5) is 10.5. The van der Waals surface area contributed by atoms with E-state index >= 15 is 0 Å². The molecule has 0 unspecified atom stereocenters. The molecule has 0 saturated carbocycles. The summed E-state index contributed by atoms with van der Waals surface area (Å²) in [6, 6.07) is 2.69. The number of hydrogen-bond acceptors (Lipinski definition) is 2. The number of ether oxygens (including phenoxy) is 1. The molecule has 0 aliphatic heterocycles. The van der Waals surface area contributed by atoms with Crippen molar-refractivity contribution in [1.82, 2.24) is 0 Å². The van der Waals surface area contributed by atoms with Crippen molar-refractivity contribution in [3.63, 3.8) is 0 Å². The first-order valence-corrected chi connectivity index (χ1v) is 3.85. The summed E-state index contributed by atoms with van der Waals surface area (Å²) in [6.07, 6.45) is -4.71. The second-order valence-corrected chi connectivity index (χ2v) is 2.71. The zero-order chi connectivity index (χ0) is 11.6. The van der Waals surface area contributed by atoms with Crippen LogP contribution in [0.4, 0.5) is 13.2 Å². The maximum Gasteiger partial charge on any atom is 0.417 e. The Labute approximate surface area is 107 Å². The second-order valence-electron chi connectivity index (χ2n) is 2.71. The average molecular weight is 293 g/mol. The minimum atomic E-state index is -4.71. The van der Waals surface area contributed by atoms with Gasteiger partial charge in [-0.2, -0.15) is 13.2 Å². The summed E-state index contributed by atoms with van der Waals surface area (Å²) in [5.41, 5.74) is -2.00. The predicted octanol–water partition coefficient (Wildman–Crippen LogP) is 3.26. The Bertz CT molecular complexity index is 394. The van der Waals surface area contributed by atoms with E-state index in [9.17, 15) is 18.0 Å². The number of methoxy groups -OCH3 is 1. The highest BCUT2D eigenvalue weighted by molar-refractivity contribution is 5.89. The number of rotatable bonds is 2. The highest BCUT2D eigenvalue weighted by Gasteiger charge is 2.35. The summed E-state index contributed by atoms with van der Waals surface area (Å²) in [6.45, 7) is 0. The van der Waals surface area contributed by atoms with Gasteiger partial charge in [0.2, 0.25) is 0 Å². The molecule has 1 N–H and O–H groups in total. The Morgan fingerprint density at radius 1 is 1.29 bits per heavy atom. The summed E-state index contributed by atoms with van der Waals surface area (Å²) in [5.74, 6) is -1.66. The van der Waals surface area contributed by atoms with Gasteiger partial charge in [0.25, 0.3) is 0 Å². The van der Waals surface area contributed by atoms with Crippen molar-refractivity contribution in [2.45, 2.75) is 6.18 Å². The Hall–Kier alpha value is -1.14. The predicted molar refractivity (Wildman–Crippen MR) is 59.5 cm³/mol. The maximum atomic E-state index is 12.4. The molecule has 0 fully saturated rings. The van der Waals surface area contributed by atoms with Crippen molar-refractivity contribution < 1.29 is 27.8 Å². The van der Waals surface area contributed by atoms with Crippen LogP contribution in [0.25, 0.3) is 0 Å². The monoisotopic (exact) mass is 292 g/mol. The van der Waals surface area contributed by atoms with E-state index in [1.54, 1.807) is 0 Å². The van der Waals surface area contributed by atoms with Crippen LogP contribution >= 0.6 is 24.8 Å². The van der Waals surface area contributed by atoms with Gasteiger partial charge in [-0.25, -0.2) is 4.79 Å². The number of benzene rings is 1. The first-order chi connectivity index (χ1) is 6.86. The fraction of sp³-hybridized carbons (Fsp3) is 0.222. The third-order valence-electron chi connectivity index (χ3n) is 1.76. The molecule has 0 radical (unpaired) electrons. The minimum absolute atomic E-state index is 0. The van der Waals surface area contributed by atoms with Gasteiger partial charge in [0.1, 0.15) is 5.75 Å². The molecule has 0 spiro atoms. The van der Waals surface area contributed by atoms with Crippen LogP contribution in [0.2, 0.25) is 0 Å². The van der Waals surface area contributed by atoms with E-state index in [0.717, 1.165) is 6.07 Å². The molecule has 0 aliphatic carbocycles. The number of aromatic carboxylic acids is 1. The van der Waals surface area contributed by atoms with Gasteiger partial charge in [-0.15, -0.1) is 24.8 Å². The zero-order valence-electron chi connectivity index (χ0n) is 8.45. The largest absolute Gasteiger partial charge is 0.497 e. The summed E-state index contributed by atoms with van der Waals surface area (Å²) in [5, 5.41) is 8.55. The van der Waals surface area contributed by atoms with Crippen molar-refractivity contribution in [3.05, 3.63) is 29.3 Å². The van der Waals surface area contributed by atoms with Gasteiger partial charge in [-0.3, -0.25) is 0 Å². The van der Waals surface area contributed by atoms with Gasteiger partial charge in [0, 0.05) is 0 Å². The van der Waals surface area contributed by atoms with Crippen molar-refractivity contribution in [1.29, 1.82) is 0 Å². The normalized spacial score (nSPS) is 9.88. The van der Waals surface area contributed by atoms with E-state index in [1.165, 1.54) is 13.2 Å². The van der Waals surface area contributed by atoms with Gasteiger partial charge >= 0.3 is 12.1 Å². The topological polar surface area (TPSA) is 46.5 Å². The van der Waals surface area contributed by atoms with Crippen LogP contribution < -0.4 is 4.74 Å². The number of halogens is 5. The molecule has 1 aromatic carbocycles. The molecule has 0 heterocycles. The van der Waals surface area contributed by atoms with Crippen molar-refractivity contribution in [2.24, 2.45) is 0 Å². The first kappa shape index (κ1) is 18.2. The van der Waals surface area contributed by atoms with E-state index in [0.29, 0.717) is 6.07 Å². The van der Waals surface area contributed by atoms with E-state index < -0.39 is 23.3 Å². The molecule has 0 aliphatic rings.